The van der Waals surface area contributed by atoms with Crippen molar-refractivity contribution in [2.24, 2.45) is 0 Å². The van der Waals surface area contributed by atoms with Crippen LogP contribution in [0.5, 0.6) is 5.75 Å². The molecule has 0 aliphatic heterocycles. The number of nitrogens with zero attached hydrogens (tertiary/aromatic N) is 2. The first-order valence-corrected chi connectivity index (χ1v) is 7.52. The lowest BCUT2D eigenvalue weighted by atomic mass is 10.2. The normalized spacial score (nSPS) is 12.2. The molecule has 1 aromatic carbocycles. The van der Waals surface area contributed by atoms with Gasteiger partial charge in [0.25, 0.3) is 0 Å². The van der Waals surface area contributed by atoms with Gasteiger partial charge in [0.2, 0.25) is 5.91 Å². The lowest BCUT2D eigenvalue weighted by molar-refractivity contribution is -0.125. The number of hydrogen-bond donors (Lipinski definition) is 1. The predicted molar refractivity (Wildman–Crippen MR) is 87.0 cm³/mol. The number of methoxy groups -OCH3 is 1. The number of carbonyl (C=O) groups excluding carboxylic acids is 1. The fourth-order valence-electron chi connectivity index (χ4n) is 2.20. The molecule has 6 nitrogen and oxygen atoms in total. The Morgan fingerprint density at radius 3 is 2.87 bits per heavy atom. The van der Waals surface area contributed by atoms with Gasteiger partial charge in [0.15, 0.2) is 0 Å². The zero-order valence-corrected chi connectivity index (χ0v) is 14.0. The van der Waals surface area contributed by atoms with Crippen LogP contribution in [0, 0.1) is 6.92 Å². The highest BCUT2D eigenvalue weighted by atomic mass is 16.5. The average Bonchev–Trinajstić information content (AvgIpc) is 2.96. The molecule has 0 saturated carbocycles. The largest absolute Gasteiger partial charge is 0.497 e. The summed E-state index contributed by atoms with van der Waals surface area (Å²) in [5, 5.41) is 6.89. The number of likely N-dealkylation sites (N-methyl/N-ethyl adjacent to an activating group) is 1. The van der Waals surface area contributed by atoms with E-state index in [1.54, 1.807) is 7.11 Å². The molecular formula is C17H23N3O3. The molecule has 1 atom stereocenters. The second-order valence-electron chi connectivity index (χ2n) is 5.59. The first-order valence-electron chi connectivity index (χ1n) is 7.52. The lowest BCUT2D eigenvalue weighted by Gasteiger charge is -2.22. The van der Waals surface area contributed by atoms with Crippen LogP contribution in [0.2, 0.25) is 0 Å². The molecule has 1 heterocycles. The van der Waals surface area contributed by atoms with E-state index in [0.717, 1.165) is 22.8 Å². The van der Waals surface area contributed by atoms with Crippen LogP contribution in [0.4, 0.5) is 0 Å². The Balaban J connectivity index is 1.86. The van der Waals surface area contributed by atoms with E-state index in [1.807, 2.05) is 56.1 Å². The van der Waals surface area contributed by atoms with Crippen molar-refractivity contribution in [1.82, 2.24) is 15.4 Å². The summed E-state index contributed by atoms with van der Waals surface area (Å²) in [4.78, 5) is 14.2. The fourth-order valence-corrected chi connectivity index (χ4v) is 2.20. The van der Waals surface area contributed by atoms with Gasteiger partial charge in [-0.05, 0) is 38.6 Å². The highest BCUT2D eigenvalue weighted by Gasteiger charge is 2.19. The van der Waals surface area contributed by atoms with E-state index in [2.05, 4.69) is 10.5 Å². The predicted octanol–water partition coefficient (Wildman–Crippen LogP) is 2.13. The Labute approximate surface area is 136 Å². The topological polar surface area (TPSA) is 67.6 Å². The van der Waals surface area contributed by atoms with Gasteiger partial charge in [-0.15, -0.1) is 0 Å². The molecule has 0 saturated heterocycles. The van der Waals surface area contributed by atoms with Gasteiger partial charge in [-0.1, -0.05) is 17.3 Å². The molecule has 0 radical (unpaired) electrons. The summed E-state index contributed by atoms with van der Waals surface area (Å²) in [5.41, 5.74) is 1.82. The van der Waals surface area contributed by atoms with E-state index in [1.165, 1.54) is 0 Å². The van der Waals surface area contributed by atoms with Crippen LogP contribution in [0.1, 0.15) is 23.9 Å². The quantitative estimate of drug-likeness (QED) is 0.847. The molecule has 1 aromatic heterocycles. The van der Waals surface area contributed by atoms with E-state index in [4.69, 9.17) is 9.26 Å². The number of hydrogen-bond acceptors (Lipinski definition) is 5. The summed E-state index contributed by atoms with van der Waals surface area (Å²) in [6, 6.07) is 9.25. The number of rotatable bonds is 7. The second-order valence-corrected chi connectivity index (χ2v) is 5.59. The first kappa shape index (κ1) is 17.0. The summed E-state index contributed by atoms with van der Waals surface area (Å²) in [7, 11) is 3.51. The minimum absolute atomic E-state index is 0.0319. The molecule has 1 N–H and O–H groups in total. The Morgan fingerprint density at radius 1 is 1.43 bits per heavy atom. The van der Waals surface area contributed by atoms with Crippen LogP contribution in [0.15, 0.2) is 34.9 Å². The third-order valence-corrected chi connectivity index (χ3v) is 3.73. The maximum Gasteiger partial charge on any atom is 0.237 e. The van der Waals surface area contributed by atoms with Crippen molar-refractivity contribution in [1.29, 1.82) is 0 Å². The first-order chi connectivity index (χ1) is 11.0. The minimum atomic E-state index is -0.266. The van der Waals surface area contributed by atoms with Crippen LogP contribution >= 0.6 is 0 Å². The molecule has 23 heavy (non-hydrogen) atoms. The summed E-state index contributed by atoms with van der Waals surface area (Å²) in [6.45, 7) is 4.75. The standard InChI is InChI=1S/C17H23N3O3/c1-12-8-15(19-23-12)11-20(3)13(2)17(21)18-10-14-6-5-7-16(9-14)22-4/h5-9,13H,10-11H2,1-4H3,(H,18,21). The highest BCUT2D eigenvalue weighted by Crippen LogP contribution is 2.12. The van der Waals surface area contributed by atoms with Gasteiger partial charge in [0.1, 0.15) is 11.5 Å². The summed E-state index contributed by atoms with van der Waals surface area (Å²) < 4.78 is 10.2. The van der Waals surface area contributed by atoms with Crippen molar-refractivity contribution >= 4 is 5.91 Å². The molecule has 0 aliphatic rings. The minimum Gasteiger partial charge on any atom is -0.497 e. The van der Waals surface area contributed by atoms with Gasteiger partial charge in [-0.2, -0.15) is 0 Å². The van der Waals surface area contributed by atoms with Gasteiger partial charge in [0, 0.05) is 19.2 Å². The molecule has 0 bridgehead atoms. The maximum atomic E-state index is 12.3. The Bertz CT molecular complexity index is 654. The van der Waals surface area contributed by atoms with Gasteiger partial charge < -0.3 is 14.6 Å². The number of carbonyl (C=O) groups is 1. The monoisotopic (exact) mass is 317 g/mol. The highest BCUT2D eigenvalue weighted by molar-refractivity contribution is 5.81. The smallest absolute Gasteiger partial charge is 0.237 e. The van der Waals surface area contributed by atoms with Gasteiger partial charge in [0.05, 0.1) is 18.8 Å². The van der Waals surface area contributed by atoms with Crippen molar-refractivity contribution in [2.75, 3.05) is 14.2 Å². The van der Waals surface area contributed by atoms with Crippen LogP contribution in [0.25, 0.3) is 0 Å². The fraction of sp³-hybridized carbons (Fsp3) is 0.412. The zero-order valence-electron chi connectivity index (χ0n) is 14.0. The van der Waals surface area contributed by atoms with Crippen LogP contribution in [-0.4, -0.2) is 36.2 Å². The number of amides is 1. The average molecular weight is 317 g/mol. The van der Waals surface area contributed by atoms with Gasteiger partial charge >= 0.3 is 0 Å². The van der Waals surface area contributed by atoms with Gasteiger partial charge in [-0.3, -0.25) is 9.69 Å². The number of aromatic nitrogens is 1. The van der Waals surface area contributed by atoms with E-state index < -0.39 is 0 Å². The Kier molecular flexibility index (Phi) is 5.76. The van der Waals surface area contributed by atoms with Crippen LogP contribution in [-0.2, 0) is 17.9 Å². The van der Waals surface area contributed by atoms with Crippen molar-refractivity contribution in [3.05, 3.63) is 47.3 Å². The summed E-state index contributed by atoms with van der Waals surface area (Å²) >= 11 is 0. The maximum absolute atomic E-state index is 12.3. The number of aryl methyl sites for hydroxylation is 1. The molecule has 1 unspecified atom stereocenters. The van der Waals surface area contributed by atoms with Crippen molar-refractivity contribution < 1.29 is 14.1 Å². The number of benzene rings is 1. The van der Waals surface area contributed by atoms with Gasteiger partial charge in [-0.25, -0.2) is 0 Å². The number of nitrogens with one attached hydrogen (secondary N) is 1. The molecular weight excluding hydrogens is 294 g/mol. The summed E-state index contributed by atoms with van der Waals surface area (Å²) in [5.74, 6) is 1.52. The van der Waals surface area contributed by atoms with E-state index in [9.17, 15) is 4.79 Å². The lowest BCUT2D eigenvalue weighted by Crippen LogP contribution is -2.42. The van der Waals surface area contributed by atoms with E-state index >= 15 is 0 Å². The molecule has 0 aliphatic carbocycles. The van der Waals surface area contributed by atoms with E-state index in [-0.39, 0.29) is 11.9 Å². The molecule has 0 spiro atoms. The Hall–Kier alpha value is -2.34. The number of ether oxygens (including phenoxy) is 1. The van der Waals surface area contributed by atoms with Crippen molar-refractivity contribution in [3.8, 4) is 5.75 Å². The third kappa shape index (κ3) is 4.82. The zero-order chi connectivity index (χ0) is 16.8. The van der Waals surface area contributed by atoms with E-state index in [0.29, 0.717) is 13.1 Å². The Morgan fingerprint density at radius 2 is 2.22 bits per heavy atom. The van der Waals surface area contributed by atoms with Crippen LogP contribution < -0.4 is 10.1 Å². The molecule has 2 rings (SSSR count). The molecule has 2 aromatic rings. The molecule has 124 valence electrons. The third-order valence-electron chi connectivity index (χ3n) is 3.73. The molecule has 6 heteroatoms. The second kappa shape index (κ2) is 7.78. The summed E-state index contributed by atoms with van der Waals surface area (Å²) in [6.07, 6.45) is 0. The van der Waals surface area contributed by atoms with Crippen molar-refractivity contribution in [2.45, 2.75) is 33.0 Å². The SMILES string of the molecule is COc1cccc(CNC(=O)C(C)N(C)Cc2cc(C)on2)c1. The molecule has 0 fully saturated rings. The molecule has 1 amide bonds. The van der Waals surface area contributed by atoms with Crippen LogP contribution in [0.3, 0.4) is 0 Å². The van der Waals surface area contributed by atoms with Crippen molar-refractivity contribution in [3.63, 3.8) is 0 Å².